The molecular formula is C17H21NO6S2. The van der Waals surface area contributed by atoms with E-state index in [1.807, 2.05) is 0 Å². The summed E-state index contributed by atoms with van der Waals surface area (Å²) in [4.78, 5) is -0.135. The Morgan fingerprint density at radius 1 is 0.962 bits per heavy atom. The van der Waals surface area contributed by atoms with Crippen LogP contribution in [0.4, 0.5) is 0 Å². The normalized spacial score (nSPS) is 12.0. The van der Waals surface area contributed by atoms with E-state index in [9.17, 15) is 16.8 Å². The molecule has 0 atom stereocenters. The summed E-state index contributed by atoms with van der Waals surface area (Å²) in [5.41, 5.74) is 1.04. The minimum Gasteiger partial charge on any atom is -0.497 e. The fraction of sp³-hybridized carbons (Fsp3) is 0.294. The molecule has 0 aliphatic carbocycles. The Bertz CT molecular complexity index is 1010. The van der Waals surface area contributed by atoms with Crippen molar-refractivity contribution in [3.05, 3.63) is 47.5 Å². The Morgan fingerprint density at radius 3 is 2.23 bits per heavy atom. The third-order valence-electron chi connectivity index (χ3n) is 3.82. The first-order chi connectivity index (χ1) is 12.1. The van der Waals surface area contributed by atoms with Gasteiger partial charge in [-0.1, -0.05) is 6.07 Å². The fourth-order valence-electron chi connectivity index (χ4n) is 2.37. The molecule has 0 heterocycles. The smallest absolute Gasteiger partial charge is 0.241 e. The van der Waals surface area contributed by atoms with Crippen LogP contribution in [0.3, 0.4) is 0 Å². The molecule has 142 valence electrons. The average Bonchev–Trinajstić information content (AvgIpc) is 2.58. The molecule has 0 aliphatic heterocycles. The predicted molar refractivity (Wildman–Crippen MR) is 97.9 cm³/mol. The summed E-state index contributed by atoms with van der Waals surface area (Å²) < 4.78 is 61.6. The number of nitrogens with one attached hydrogen (secondary N) is 1. The second-order valence-electron chi connectivity index (χ2n) is 5.70. The van der Waals surface area contributed by atoms with Crippen LogP contribution in [0.15, 0.2) is 46.2 Å². The standard InChI is InChI=1S/C17H21NO6S2/c1-12-5-7-15(25(4,19)20)10-17(12)26(21,22)18-11-13-9-14(23-2)6-8-16(13)24-3/h5-10,18H,11H2,1-4H3. The average molecular weight is 399 g/mol. The number of sulfone groups is 1. The van der Waals surface area contributed by atoms with Crippen molar-refractivity contribution < 1.29 is 26.3 Å². The highest BCUT2D eigenvalue weighted by molar-refractivity contribution is 7.91. The van der Waals surface area contributed by atoms with Crippen LogP contribution in [0.25, 0.3) is 0 Å². The van der Waals surface area contributed by atoms with E-state index in [-0.39, 0.29) is 16.3 Å². The molecule has 2 rings (SSSR count). The molecule has 0 unspecified atom stereocenters. The van der Waals surface area contributed by atoms with E-state index in [1.165, 1.54) is 26.4 Å². The van der Waals surface area contributed by atoms with E-state index in [2.05, 4.69) is 4.72 Å². The van der Waals surface area contributed by atoms with Gasteiger partial charge in [0, 0.05) is 18.4 Å². The van der Waals surface area contributed by atoms with Gasteiger partial charge in [0.05, 0.1) is 24.0 Å². The minimum absolute atomic E-state index is 0.0365. The summed E-state index contributed by atoms with van der Waals surface area (Å²) in [6.45, 7) is 1.57. The summed E-state index contributed by atoms with van der Waals surface area (Å²) in [7, 11) is -4.45. The molecule has 0 aromatic heterocycles. The van der Waals surface area contributed by atoms with Crippen molar-refractivity contribution in [2.45, 2.75) is 23.3 Å². The number of sulfonamides is 1. The van der Waals surface area contributed by atoms with Crippen LogP contribution in [0.1, 0.15) is 11.1 Å². The van der Waals surface area contributed by atoms with Gasteiger partial charge in [-0.2, -0.15) is 0 Å². The van der Waals surface area contributed by atoms with E-state index in [0.29, 0.717) is 22.6 Å². The molecule has 0 bridgehead atoms. The first kappa shape index (κ1) is 20.2. The maximum Gasteiger partial charge on any atom is 0.241 e. The van der Waals surface area contributed by atoms with E-state index < -0.39 is 19.9 Å². The third-order valence-corrected chi connectivity index (χ3v) is 6.47. The molecule has 0 fully saturated rings. The lowest BCUT2D eigenvalue weighted by Gasteiger charge is -2.13. The van der Waals surface area contributed by atoms with Crippen LogP contribution < -0.4 is 14.2 Å². The van der Waals surface area contributed by atoms with E-state index >= 15 is 0 Å². The van der Waals surface area contributed by atoms with Gasteiger partial charge < -0.3 is 9.47 Å². The summed E-state index contributed by atoms with van der Waals surface area (Å²) in [5.74, 6) is 1.07. The summed E-state index contributed by atoms with van der Waals surface area (Å²) in [6, 6.07) is 9.07. The lowest BCUT2D eigenvalue weighted by Crippen LogP contribution is -2.24. The molecule has 0 spiro atoms. The van der Waals surface area contributed by atoms with E-state index in [4.69, 9.17) is 9.47 Å². The van der Waals surface area contributed by atoms with Crippen molar-refractivity contribution in [3.63, 3.8) is 0 Å². The molecule has 0 amide bonds. The number of rotatable bonds is 7. The van der Waals surface area contributed by atoms with Gasteiger partial charge in [-0.25, -0.2) is 21.6 Å². The topological polar surface area (TPSA) is 98.8 Å². The zero-order chi connectivity index (χ0) is 19.5. The quantitative estimate of drug-likeness (QED) is 0.763. The summed E-state index contributed by atoms with van der Waals surface area (Å²) >= 11 is 0. The number of methoxy groups -OCH3 is 2. The van der Waals surface area contributed by atoms with Crippen molar-refractivity contribution in [2.24, 2.45) is 0 Å². The first-order valence-electron chi connectivity index (χ1n) is 7.60. The monoisotopic (exact) mass is 399 g/mol. The van der Waals surface area contributed by atoms with Crippen molar-refractivity contribution in [1.29, 1.82) is 0 Å². The van der Waals surface area contributed by atoms with Crippen LogP contribution in [-0.2, 0) is 26.4 Å². The van der Waals surface area contributed by atoms with Crippen LogP contribution in [0.2, 0.25) is 0 Å². The van der Waals surface area contributed by atoms with Gasteiger partial charge >= 0.3 is 0 Å². The van der Waals surface area contributed by atoms with Gasteiger partial charge in [0.15, 0.2) is 9.84 Å². The fourth-order valence-corrected chi connectivity index (χ4v) is 4.37. The molecule has 26 heavy (non-hydrogen) atoms. The lowest BCUT2D eigenvalue weighted by molar-refractivity contribution is 0.398. The molecule has 0 saturated carbocycles. The predicted octanol–water partition coefficient (Wildman–Crippen LogP) is 1.89. The minimum atomic E-state index is -3.93. The SMILES string of the molecule is COc1ccc(OC)c(CNS(=O)(=O)c2cc(S(C)(=O)=O)ccc2C)c1. The largest absolute Gasteiger partial charge is 0.497 e. The number of hydrogen-bond donors (Lipinski definition) is 1. The Morgan fingerprint density at radius 2 is 1.65 bits per heavy atom. The maximum atomic E-state index is 12.7. The third kappa shape index (κ3) is 4.54. The summed E-state index contributed by atoms with van der Waals surface area (Å²) in [5, 5.41) is 0. The Balaban J connectivity index is 2.36. The van der Waals surface area contributed by atoms with Gasteiger partial charge in [-0.3, -0.25) is 0 Å². The second kappa shape index (κ2) is 7.65. The number of ether oxygens (including phenoxy) is 2. The molecule has 2 aromatic rings. The van der Waals surface area contributed by atoms with Crippen molar-refractivity contribution in [1.82, 2.24) is 4.72 Å². The molecule has 9 heteroatoms. The molecule has 2 aromatic carbocycles. The number of hydrogen-bond acceptors (Lipinski definition) is 6. The molecule has 0 aliphatic rings. The molecule has 7 nitrogen and oxygen atoms in total. The first-order valence-corrected chi connectivity index (χ1v) is 11.0. The van der Waals surface area contributed by atoms with Gasteiger partial charge in [0.1, 0.15) is 11.5 Å². The van der Waals surface area contributed by atoms with Crippen LogP contribution >= 0.6 is 0 Å². The number of aryl methyl sites for hydroxylation is 1. The van der Waals surface area contributed by atoms with Crippen LogP contribution in [0.5, 0.6) is 11.5 Å². The summed E-state index contributed by atoms with van der Waals surface area (Å²) in [6.07, 6.45) is 1.03. The van der Waals surface area contributed by atoms with Crippen molar-refractivity contribution >= 4 is 19.9 Å². The van der Waals surface area contributed by atoms with Crippen LogP contribution in [0, 0.1) is 6.92 Å². The van der Waals surface area contributed by atoms with Gasteiger partial charge in [0.25, 0.3) is 0 Å². The van der Waals surface area contributed by atoms with Gasteiger partial charge in [-0.15, -0.1) is 0 Å². The highest BCUT2D eigenvalue weighted by Crippen LogP contribution is 2.25. The molecule has 1 N–H and O–H groups in total. The zero-order valence-corrected chi connectivity index (χ0v) is 16.6. The van der Waals surface area contributed by atoms with Crippen molar-refractivity contribution in [2.75, 3.05) is 20.5 Å². The Kier molecular flexibility index (Phi) is 5.94. The van der Waals surface area contributed by atoms with E-state index in [1.54, 1.807) is 25.1 Å². The van der Waals surface area contributed by atoms with Crippen LogP contribution in [-0.4, -0.2) is 37.3 Å². The Labute approximate surface area is 153 Å². The molecular weight excluding hydrogens is 378 g/mol. The molecule has 0 radical (unpaired) electrons. The maximum absolute atomic E-state index is 12.7. The highest BCUT2D eigenvalue weighted by atomic mass is 32.2. The van der Waals surface area contributed by atoms with Gasteiger partial charge in [0.2, 0.25) is 10.0 Å². The van der Waals surface area contributed by atoms with E-state index in [0.717, 1.165) is 12.3 Å². The van der Waals surface area contributed by atoms with Crippen molar-refractivity contribution in [3.8, 4) is 11.5 Å². The highest BCUT2D eigenvalue weighted by Gasteiger charge is 2.20. The lowest BCUT2D eigenvalue weighted by atomic mass is 10.2. The zero-order valence-electron chi connectivity index (χ0n) is 14.9. The number of benzene rings is 2. The second-order valence-corrected chi connectivity index (χ2v) is 9.45. The molecule has 0 saturated heterocycles. The Hall–Kier alpha value is -2.10. The van der Waals surface area contributed by atoms with Gasteiger partial charge in [-0.05, 0) is 42.8 Å².